The molecule has 1 saturated heterocycles. The molecule has 0 spiro atoms. The van der Waals surface area contributed by atoms with E-state index in [-0.39, 0.29) is 12.1 Å². The number of anilines is 1. The molecule has 2 N–H and O–H groups in total. The van der Waals surface area contributed by atoms with E-state index in [0.717, 1.165) is 77.8 Å². The number of unbranched alkanes of at least 4 members (excludes halogenated alkanes) is 5. The third-order valence-electron chi connectivity index (χ3n) is 6.36. The van der Waals surface area contributed by atoms with Gasteiger partial charge in [-0.25, -0.2) is 4.79 Å². The molecule has 1 aliphatic rings. The number of carbonyl (C=O) groups excluding carboxylic acids is 1. The largest absolute Gasteiger partial charge is 0.468 e. The number of nitrogens with two attached hydrogens (primary N) is 1. The maximum absolute atomic E-state index is 12.2. The molecule has 3 rings (SSSR count). The first-order valence-corrected chi connectivity index (χ1v) is 13.6. The van der Waals surface area contributed by atoms with Gasteiger partial charge in [-0.15, -0.1) is 0 Å². The van der Waals surface area contributed by atoms with Crippen molar-refractivity contribution in [2.45, 2.75) is 84.8 Å². The molecule has 208 valence electrons. The van der Waals surface area contributed by atoms with Gasteiger partial charge >= 0.3 is 12.1 Å². The maximum Gasteiger partial charge on any atom is 0.410 e. The van der Waals surface area contributed by atoms with Crippen molar-refractivity contribution in [3.8, 4) is 12.0 Å². The minimum atomic E-state index is -0.447. The van der Waals surface area contributed by atoms with Gasteiger partial charge in [0, 0.05) is 32.7 Å². The molecule has 11 nitrogen and oxygen atoms in total. The number of imidazole rings is 1. The van der Waals surface area contributed by atoms with E-state index in [4.69, 9.17) is 19.9 Å². The molecule has 0 saturated carbocycles. The van der Waals surface area contributed by atoms with Crippen molar-refractivity contribution in [1.29, 1.82) is 0 Å². The number of fused-ring (bicyclic) bond motifs is 1. The van der Waals surface area contributed by atoms with E-state index in [0.29, 0.717) is 29.6 Å². The van der Waals surface area contributed by atoms with E-state index in [1.807, 2.05) is 30.2 Å². The lowest BCUT2D eigenvalue weighted by Gasteiger charge is -2.35. The summed E-state index contributed by atoms with van der Waals surface area (Å²) in [5.74, 6) is 0.306. The molecule has 2 aromatic rings. The highest BCUT2D eigenvalue weighted by atomic mass is 16.6. The van der Waals surface area contributed by atoms with Crippen molar-refractivity contribution in [3.05, 3.63) is 0 Å². The fourth-order valence-corrected chi connectivity index (χ4v) is 4.33. The molecule has 2 aromatic heterocycles. The van der Waals surface area contributed by atoms with Crippen molar-refractivity contribution in [3.63, 3.8) is 0 Å². The molecule has 0 bridgehead atoms. The smallest absolute Gasteiger partial charge is 0.410 e. The standard InChI is InChI=1S/C26H45N7O4/c1-6-7-19-36-23-29-21(27)20-22(30-23)33(24(28-20)35-5)14-12-10-8-9-11-13-31-15-17-32(18-16-31)25(34)37-26(2,3)4/h6-19H2,1-5H3,(H2,27,29,30). The van der Waals surface area contributed by atoms with E-state index in [1.165, 1.54) is 6.42 Å². The Morgan fingerprint density at radius 3 is 2.27 bits per heavy atom. The van der Waals surface area contributed by atoms with Crippen LogP contribution >= 0.6 is 0 Å². The zero-order valence-electron chi connectivity index (χ0n) is 23.3. The third kappa shape index (κ3) is 8.62. The van der Waals surface area contributed by atoms with Gasteiger partial charge in [0.15, 0.2) is 17.0 Å². The molecule has 0 aromatic carbocycles. The Kier molecular flexibility index (Phi) is 10.6. The number of nitrogen functional groups attached to an aromatic ring is 1. The zero-order valence-corrected chi connectivity index (χ0v) is 23.3. The van der Waals surface area contributed by atoms with Gasteiger partial charge in [0.05, 0.1) is 13.7 Å². The summed E-state index contributed by atoms with van der Waals surface area (Å²) < 4.78 is 18.6. The van der Waals surface area contributed by atoms with E-state index in [9.17, 15) is 4.79 Å². The van der Waals surface area contributed by atoms with Crippen LogP contribution in [0.5, 0.6) is 12.0 Å². The van der Waals surface area contributed by atoms with Crippen LogP contribution in [-0.2, 0) is 11.3 Å². The molecular weight excluding hydrogens is 474 g/mol. The second-order valence-electron chi connectivity index (χ2n) is 10.6. The SMILES string of the molecule is CCCCOc1nc(N)c2nc(OC)n(CCCCCCCN3CCN(C(=O)OC(C)(C)C)CC3)c2n1. The summed E-state index contributed by atoms with van der Waals surface area (Å²) in [5, 5.41) is 0. The van der Waals surface area contributed by atoms with Crippen LogP contribution < -0.4 is 15.2 Å². The Morgan fingerprint density at radius 2 is 1.62 bits per heavy atom. The predicted octanol–water partition coefficient (Wildman–Crippen LogP) is 4.10. The van der Waals surface area contributed by atoms with Crippen LogP contribution in [0.4, 0.5) is 10.6 Å². The third-order valence-corrected chi connectivity index (χ3v) is 6.36. The van der Waals surface area contributed by atoms with Gasteiger partial charge < -0.3 is 24.8 Å². The van der Waals surface area contributed by atoms with Gasteiger partial charge in [0.1, 0.15) is 5.60 Å². The second-order valence-corrected chi connectivity index (χ2v) is 10.6. The predicted molar refractivity (Wildman–Crippen MR) is 144 cm³/mol. The summed E-state index contributed by atoms with van der Waals surface area (Å²) in [6.45, 7) is 13.5. The number of piperazine rings is 1. The van der Waals surface area contributed by atoms with Gasteiger partial charge in [0.25, 0.3) is 6.01 Å². The van der Waals surface area contributed by atoms with Crippen molar-refractivity contribution < 1.29 is 19.0 Å². The highest BCUT2D eigenvalue weighted by molar-refractivity contribution is 5.83. The summed E-state index contributed by atoms with van der Waals surface area (Å²) >= 11 is 0. The number of ether oxygens (including phenoxy) is 3. The van der Waals surface area contributed by atoms with Crippen LogP contribution in [0.3, 0.4) is 0 Å². The fourth-order valence-electron chi connectivity index (χ4n) is 4.33. The van der Waals surface area contributed by atoms with Gasteiger partial charge in [-0.1, -0.05) is 32.6 Å². The van der Waals surface area contributed by atoms with Crippen LogP contribution in [-0.4, -0.2) is 87.5 Å². The van der Waals surface area contributed by atoms with Crippen molar-refractivity contribution >= 4 is 23.1 Å². The Balaban J connectivity index is 1.38. The number of carbonyl (C=O) groups is 1. The molecular formula is C26H45N7O4. The average Bonchev–Trinajstić information content (AvgIpc) is 3.21. The molecule has 1 aliphatic heterocycles. The quantitative estimate of drug-likeness (QED) is 0.390. The van der Waals surface area contributed by atoms with Crippen molar-refractivity contribution in [2.24, 2.45) is 0 Å². The fraction of sp³-hybridized carbons (Fsp3) is 0.769. The highest BCUT2D eigenvalue weighted by Gasteiger charge is 2.25. The first-order chi connectivity index (χ1) is 17.7. The zero-order chi connectivity index (χ0) is 26.8. The molecule has 0 atom stereocenters. The van der Waals surface area contributed by atoms with Crippen molar-refractivity contribution in [2.75, 3.05) is 52.2 Å². The van der Waals surface area contributed by atoms with Gasteiger partial charge in [0.2, 0.25) is 0 Å². The number of rotatable bonds is 13. The minimum absolute atomic E-state index is 0.205. The number of hydrogen-bond acceptors (Lipinski definition) is 9. The lowest BCUT2D eigenvalue weighted by atomic mass is 10.1. The molecule has 0 unspecified atom stereocenters. The van der Waals surface area contributed by atoms with Crippen LogP contribution in [0.15, 0.2) is 0 Å². The van der Waals surface area contributed by atoms with E-state index >= 15 is 0 Å². The van der Waals surface area contributed by atoms with E-state index in [2.05, 4.69) is 26.8 Å². The van der Waals surface area contributed by atoms with E-state index < -0.39 is 5.60 Å². The summed E-state index contributed by atoms with van der Waals surface area (Å²) in [4.78, 5) is 29.7. The van der Waals surface area contributed by atoms with Crippen LogP contribution in [0.2, 0.25) is 0 Å². The highest BCUT2D eigenvalue weighted by Crippen LogP contribution is 2.26. The number of hydrogen-bond donors (Lipinski definition) is 1. The van der Waals surface area contributed by atoms with Crippen LogP contribution in [0, 0.1) is 0 Å². The molecule has 1 fully saturated rings. The Hall–Kier alpha value is -2.82. The number of aryl methyl sites for hydroxylation is 1. The summed E-state index contributed by atoms with van der Waals surface area (Å²) in [6, 6.07) is 0.779. The average molecular weight is 520 g/mol. The van der Waals surface area contributed by atoms with Gasteiger partial charge in [-0.05, 0) is 46.6 Å². The Bertz CT molecular complexity index is 997. The lowest BCUT2D eigenvalue weighted by Crippen LogP contribution is -2.50. The second kappa shape index (κ2) is 13.6. The van der Waals surface area contributed by atoms with Crippen LogP contribution in [0.1, 0.15) is 72.6 Å². The normalized spacial score (nSPS) is 14.8. The van der Waals surface area contributed by atoms with Crippen LogP contribution in [0.25, 0.3) is 11.2 Å². The van der Waals surface area contributed by atoms with Gasteiger partial charge in [-0.2, -0.15) is 15.0 Å². The molecule has 0 radical (unpaired) electrons. The number of methoxy groups -OCH3 is 1. The molecule has 3 heterocycles. The Labute approximate surface area is 220 Å². The molecule has 37 heavy (non-hydrogen) atoms. The molecule has 11 heteroatoms. The summed E-state index contributed by atoms with van der Waals surface area (Å²) in [7, 11) is 1.60. The minimum Gasteiger partial charge on any atom is -0.468 e. The first kappa shape index (κ1) is 28.7. The Morgan fingerprint density at radius 1 is 0.946 bits per heavy atom. The number of nitrogens with zero attached hydrogens (tertiary/aromatic N) is 6. The maximum atomic E-state index is 12.2. The summed E-state index contributed by atoms with van der Waals surface area (Å²) in [6.07, 6.45) is 7.37. The first-order valence-electron chi connectivity index (χ1n) is 13.6. The number of amides is 1. The summed E-state index contributed by atoms with van der Waals surface area (Å²) in [5.41, 5.74) is 6.88. The number of aromatic nitrogens is 4. The monoisotopic (exact) mass is 519 g/mol. The topological polar surface area (TPSA) is 121 Å². The molecule has 0 aliphatic carbocycles. The molecule has 1 amide bonds. The van der Waals surface area contributed by atoms with Crippen molar-refractivity contribution in [1.82, 2.24) is 29.3 Å². The van der Waals surface area contributed by atoms with E-state index in [1.54, 1.807) is 7.11 Å². The lowest BCUT2D eigenvalue weighted by molar-refractivity contribution is 0.0144. The van der Waals surface area contributed by atoms with Gasteiger partial charge in [-0.3, -0.25) is 9.47 Å².